The second-order valence-electron chi connectivity index (χ2n) is 5.10. The average molecular weight is 233 g/mol. The molecule has 1 saturated carbocycles. The van der Waals surface area contributed by atoms with Gasteiger partial charge in [0, 0.05) is 6.04 Å². The third-order valence-electron chi connectivity index (χ3n) is 3.81. The predicted molar refractivity (Wildman–Crippen MR) is 71.9 cm³/mol. The Morgan fingerprint density at radius 1 is 1.24 bits per heavy atom. The molecule has 0 aliphatic heterocycles. The fraction of sp³-hybridized carbons (Fsp3) is 0.600. The maximum Gasteiger partial charge on any atom is 0.122 e. The van der Waals surface area contributed by atoms with E-state index in [1.807, 2.05) is 0 Å². The van der Waals surface area contributed by atoms with Crippen LogP contribution in [0.15, 0.2) is 6.07 Å². The highest BCUT2D eigenvalue weighted by Gasteiger charge is 2.20. The minimum absolute atomic E-state index is 0.801. The molecule has 0 amide bonds. The molecular formula is C15H23NO. The summed E-state index contributed by atoms with van der Waals surface area (Å²) in [5, 5.41) is 3.58. The first-order chi connectivity index (χ1) is 8.13. The molecule has 17 heavy (non-hydrogen) atoms. The molecule has 1 aromatic carbocycles. The molecule has 2 heteroatoms. The van der Waals surface area contributed by atoms with Crippen molar-refractivity contribution in [3.8, 4) is 5.75 Å². The third kappa shape index (κ3) is 2.81. The maximum atomic E-state index is 5.40. The van der Waals surface area contributed by atoms with Crippen LogP contribution in [0.4, 0.5) is 0 Å². The van der Waals surface area contributed by atoms with Gasteiger partial charge in [-0.25, -0.2) is 0 Å². The quantitative estimate of drug-likeness (QED) is 0.844. The van der Waals surface area contributed by atoms with Crippen molar-refractivity contribution in [1.29, 1.82) is 0 Å². The van der Waals surface area contributed by atoms with E-state index in [2.05, 4.69) is 32.2 Å². The zero-order valence-corrected chi connectivity index (χ0v) is 11.4. The van der Waals surface area contributed by atoms with E-state index in [1.165, 1.54) is 35.1 Å². The van der Waals surface area contributed by atoms with Crippen molar-refractivity contribution in [2.24, 2.45) is 0 Å². The molecule has 0 radical (unpaired) electrons. The summed E-state index contributed by atoms with van der Waals surface area (Å²) in [6.45, 7) is 7.63. The van der Waals surface area contributed by atoms with Crippen LogP contribution < -0.4 is 10.1 Å². The van der Waals surface area contributed by atoms with Gasteiger partial charge in [0.25, 0.3) is 0 Å². The van der Waals surface area contributed by atoms with Gasteiger partial charge in [0.15, 0.2) is 0 Å². The number of aryl methyl sites for hydroxylation is 1. The van der Waals surface area contributed by atoms with Crippen molar-refractivity contribution in [3.05, 3.63) is 28.3 Å². The molecule has 94 valence electrons. The van der Waals surface area contributed by atoms with E-state index >= 15 is 0 Å². The number of hydrogen-bond donors (Lipinski definition) is 1. The van der Waals surface area contributed by atoms with Crippen LogP contribution in [-0.4, -0.2) is 19.7 Å². The minimum atomic E-state index is 0.801. The Morgan fingerprint density at radius 3 is 2.53 bits per heavy atom. The Labute approximate surface area is 104 Å². The van der Waals surface area contributed by atoms with Gasteiger partial charge in [-0.05, 0) is 74.9 Å². The van der Waals surface area contributed by atoms with Gasteiger partial charge < -0.3 is 10.1 Å². The van der Waals surface area contributed by atoms with Gasteiger partial charge in [-0.1, -0.05) is 0 Å². The summed E-state index contributed by atoms with van der Waals surface area (Å²) < 4.78 is 5.40. The van der Waals surface area contributed by atoms with E-state index < -0.39 is 0 Å². The molecule has 1 N–H and O–H groups in total. The van der Waals surface area contributed by atoms with Gasteiger partial charge >= 0.3 is 0 Å². The molecule has 0 spiro atoms. The van der Waals surface area contributed by atoms with Crippen molar-refractivity contribution in [2.45, 2.75) is 46.1 Å². The van der Waals surface area contributed by atoms with Gasteiger partial charge in [-0.3, -0.25) is 0 Å². The van der Waals surface area contributed by atoms with Crippen molar-refractivity contribution in [2.75, 3.05) is 13.7 Å². The van der Waals surface area contributed by atoms with Gasteiger partial charge in [0.05, 0.1) is 7.11 Å². The monoisotopic (exact) mass is 233 g/mol. The molecule has 0 saturated heterocycles. The fourth-order valence-electron chi connectivity index (χ4n) is 2.38. The largest absolute Gasteiger partial charge is 0.496 e. The Morgan fingerprint density at radius 2 is 1.94 bits per heavy atom. The van der Waals surface area contributed by atoms with E-state index in [1.54, 1.807) is 7.11 Å². The first-order valence-electron chi connectivity index (χ1n) is 6.50. The molecule has 2 rings (SSSR count). The number of hydrogen-bond acceptors (Lipinski definition) is 2. The normalized spacial score (nSPS) is 15.1. The van der Waals surface area contributed by atoms with Crippen molar-refractivity contribution in [3.63, 3.8) is 0 Å². The van der Waals surface area contributed by atoms with E-state index in [0.717, 1.165) is 24.8 Å². The highest BCUT2D eigenvalue weighted by molar-refractivity contribution is 5.48. The van der Waals surface area contributed by atoms with Gasteiger partial charge in [0.2, 0.25) is 0 Å². The number of benzene rings is 1. The first kappa shape index (κ1) is 12.4. The Kier molecular flexibility index (Phi) is 3.72. The molecule has 2 nitrogen and oxygen atoms in total. The van der Waals surface area contributed by atoms with Crippen LogP contribution in [0.5, 0.6) is 5.75 Å². The van der Waals surface area contributed by atoms with Crippen LogP contribution in [0.25, 0.3) is 0 Å². The van der Waals surface area contributed by atoms with E-state index in [4.69, 9.17) is 4.74 Å². The predicted octanol–water partition coefficient (Wildman–Crippen LogP) is 2.91. The van der Waals surface area contributed by atoms with Crippen LogP contribution in [-0.2, 0) is 6.42 Å². The molecule has 0 aromatic heterocycles. The molecule has 1 aliphatic rings. The van der Waals surface area contributed by atoms with Crippen molar-refractivity contribution in [1.82, 2.24) is 5.32 Å². The van der Waals surface area contributed by atoms with Crippen LogP contribution in [0.3, 0.4) is 0 Å². The number of nitrogens with one attached hydrogen (secondary N) is 1. The van der Waals surface area contributed by atoms with E-state index in [0.29, 0.717) is 0 Å². The van der Waals surface area contributed by atoms with Crippen molar-refractivity contribution >= 4 is 0 Å². The highest BCUT2D eigenvalue weighted by Crippen LogP contribution is 2.27. The molecule has 0 unspecified atom stereocenters. The van der Waals surface area contributed by atoms with E-state index in [-0.39, 0.29) is 0 Å². The molecule has 0 bridgehead atoms. The second kappa shape index (κ2) is 5.09. The van der Waals surface area contributed by atoms with Gasteiger partial charge in [-0.15, -0.1) is 0 Å². The smallest absolute Gasteiger partial charge is 0.122 e. The molecule has 1 aromatic rings. The molecule has 0 heterocycles. The summed E-state index contributed by atoms with van der Waals surface area (Å²) in [6, 6.07) is 2.96. The number of methoxy groups -OCH3 is 1. The SMILES string of the molecule is COc1cc(C)c(CCNC2CC2)c(C)c1C. The molecule has 1 aliphatic carbocycles. The molecule has 0 atom stereocenters. The van der Waals surface area contributed by atoms with E-state index in [9.17, 15) is 0 Å². The number of rotatable bonds is 5. The van der Waals surface area contributed by atoms with Crippen LogP contribution in [0.1, 0.15) is 35.1 Å². The lowest BCUT2D eigenvalue weighted by atomic mass is 9.95. The summed E-state index contributed by atoms with van der Waals surface area (Å²) in [4.78, 5) is 0. The van der Waals surface area contributed by atoms with Gasteiger partial charge in [-0.2, -0.15) is 0 Å². The third-order valence-corrected chi connectivity index (χ3v) is 3.81. The first-order valence-corrected chi connectivity index (χ1v) is 6.50. The Bertz CT molecular complexity index is 408. The van der Waals surface area contributed by atoms with Crippen LogP contribution >= 0.6 is 0 Å². The lowest BCUT2D eigenvalue weighted by Crippen LogP contribution is -2.20. The Hall–Kier alpha value is -1.02. The number of ether oxygens (including phenoxy) is 1. The zero-order chi connectivity index (χ0) is 12.4. The van der Waals surface area contributed by atoms with Crippen molar-refractivity contribution < 1.29 is 4.74 Å². The zero-order valence-electron chi connectivity index (χ0n) is 11.4. The standard InChI is InChI=1S/C15H23NO/c1-10-9-15(17-4)12(3)11(2)14(10)7-8-16-13-5-6-13/h9,13,16H,5-8H2,1-4H3. The lowest BCUT2D eigenvalue weighted by Gasteiger charge is -2.16. The topological polar surface area (TPSA) is 21.3 Å². The van der Waals surface area contributed by atoms with Crippen LogP contribution in [0.2, 0.25) is 0 Å². The summed E-state index contributed by atoms with van der Waals surface area (Å²) >= 11 is 0. The lowest BCUT2D eigenvalue weighted by molar-refractivity contribution is 0.410. The van der Waals surface area contributed by atoms with Gasteiger partial charge in [0.1, 0.15) is 5.75 Å². The summed E-state index contributed by atoms with van der Waals surface area (Å²) in [5.74, 6) is 1.01. The van der Waals surface area contributed by atoms with Crippen LogP contribution in [0, 0.1) is 20.8 Å². The Balaban J connectivity index is 2.11. The maximum absolute atomic E-state index is 5.40. The summed E-state index contributed by atoms with van der Waals surface area (Å²) in [6.07, 6.45) is 3.85. The molecular weight excluding hydrogens is 210 g/mol. The summed E-state index contributed by atoms with van der Waals surface area (Å²) in [5.41, 5.74) is 5.50. The second-order valence-corrected chi connectivity index (χ2v) is 5.10. The average Bonchev–Trinajstić information content (AvgIpc) is 3.12. The molecule has 1 fully saturated rings. The fourth-order valence-corrected chi connectivity index (χ4v) is 2.38. The highest BCUT2D eigenvalue weighted by atomic mass is 16.5. The summed E-state index contributed by atoms with van der Waals surface area (Å²) in [7, 11) is 1.75. The minimum Gasteiger partial charge on any atom is -0.496 e.